The van der Waals surface area contributed by atoms with Crippen LogP contribution in [0.15, 0.2) is 24.4 Å². The van der Waals surface area contributed by atoms with Gasteiger partial charge in [-0.05, 0) is 31.0 Å². The lowest BCUT2D eigenvalue weighted by atomic mass is 10.1. The summed E-state index contributed by atoms with van der Waals surface area (Å²) in [5.41, 5.74) is 6.76. The van der Waals surface area contributed by atoms with Crippen molar-refractivity contribution in [1.82, 2.24) is 15.1 Å². The van der Waals surface area contributed by atoms with Crippen LogP contribution in [-0.4, -0.2) is 40.9 Å². The van der Waals surface area contributed by atoms with E-state index in [9.17, 15) is 14.0 Å². The number of esters is 1. The summed E-state index contributed by atoms with van der Waals surface area (Å²) in [6.45, 7) is 6.33. The van der Waals surface area contributed by atoms with Crippen LogP contribution in [0.1, 0.15) is 31.1 Å². The molecule has 0 aliphatic heterocycles. The smallest absolute Gasteiger partial charge is 0.324 e. The zero-order valence-electron chi connectivity index (χ0n) is 16.0. The van der Waals surface area contributed by atoms with Crippen LogP contribution in [0.4, 0.5) is 4.39 Å². The molecule has 1 amide bonds. The van der Waals surface area contributed by atoms with Gasteiger partial charge in [-0.1, -0.05) is 25.4 Å². The fraction of sp³-hybridized carbons (Fsp3) is 0.421. The van der Waals surface area contributed by atoms with Gasteiger partial charge in [0.25, 0.3) is 5.91 Å². The normalized spacial score (nSPS) is 12.1. The van der Waals surface area contributed by atoms with Crippen LogP contribution in [0, 0.1) is 11.7 Å². The van der Waals surface area contributed by atoms with Gasteiger partial charge in [-0.3, -0.25) is 14.3 Å². The maximum atomic E-state index is 14.1. The molecule has 1 aromatic carbocycles. The molecule has 152 valence electrons. The summed E-state index contributed by atoms with van der Waals surface area (Å²) in [5.74, 6) is -1.58. The number of halogens is 2. The topological polar surface area (TPSA) is 99.2 Å². The fourth-order valence-corrected chi connectivity index (χ4v) is 2.74. The van der Waals surface area contributed by atoms with Crippen LogP contribution in [0.25, 0.3) is 11.3 Å². The maximum Gasteiger partial charge on any atom is 0.324 e. The van der Waals surface area contributed by atoms with Gasteiger partial charge in [0.15, 0.2) is 0 Å². The highest BCUT2D eigenvalue weighted by Crippen LogP contribution is 2.29. The molecule has 0 fully saturated rings. The van der Waals surface area contributed by atoms with Crippen LogP contribution >= 0.6 is 11.6 Å². The van der Waals surface area contributed by atoms with E-state index in [4.69, 9.17) is 22.1 Å². The molecule has 1 heterocycles. The van der Waals surface area contributed by atoms with Crippen molar-refractivity contribution < 1.29 is 18.7 Å². The molecule has 0 unspecified atom stereocenters. The number of nitrogens with zero attached hydrogens (tertiary/aromatic N) is 2. The van der Waals surface area contributed by atoms with Gasteiger partial charge in [0, 0.05) is 24.2 Å². The van der Waals surface area contributed by atoms with Crippen LogP contribution in [0.5, 0.6) is 0 Å². The first-order valence-corrected chi connectivity index (χ1v) is 9.33. The standard InChI is InChI=1S/C19H24ClFN4O3/c1-4-25-17(15(20)8-24-25)12-5-13(7-14(21)6-12)18(26)23-9-16(22)19(27)28-10-11(2)3/h5-8,11,16H,4,9-10,22H2,1-3H3,(H,23,26)/t16-/m1/s1. The van der Waals surface area contributed by atoms with Crippen LogP contribution < -0.4 is 11.1 Å². The fourth-order valence-electron chi connectivity index (χ4n) is 2.49. The van der Waals surface area contributed by atoms with Crippen LogP contribution in [0.3, 0.4) is 0 Å². The predicted molar refractivity (Wildman–Crippen MR) is 104 cm³/mol. The molecule has 7 nitrogen and oxygen atoms in total. The van der Waals surface area contributed by atoms with Gasteiger partial charge in [-0.2, -0.15) is 5.10 Å². The Bertz CT molecular complexity index is 854. The van der Waals surface area contributed by atoms with Crippen molar-refractivity contribution in [1.29, 1.82) is 0 Å². The highest BCUT2D eigenvalue weighted by Gasteiger charge is 2.19. The molecule has 1 aromatic heterocycles. The number of aryl methyl sites for hydroxylation is 1. The van der Waals surface area contributed by atoms with E-state index in [1.165, 1.54) is 18.3 Å². The van der Waals surface area contributed by atoms with E-state index in [2.05, 4.69) is 10.4 Å². The Morgan fingerprint density at radius 1 is 1.36 bits per heavy atom. The van der Waals surface area contributed by atoms with E-state index in [1.807, 2.05) is 20.8 Å². The molecule has 2 aromatic rings. The molecule has 0 aliphatic carbocycles. The zero-order chi connectivity index (χ0) is 20.8. The third-order valence-electron chi connectivity index (χ3n) is 3.87. The van der Waals surface area contributed by atoms with Crippen LogP contribution in [-0.2, 0) is 16.1 Å². The number of carbonyl (C=O) groups is 2. The number of ether oxygens (including phenoxy) is 1. The van der Waals surface area contributed by atoms with E-state index in [-0.39, 0.29) is 24.6 Å². The average molecular weight is 411 g/mol. The highest BCUT2D eigenvalue weighted by atomic mass is 35.5. The van der Waals surface area contributed by atoms with Crippen molar-refractivity contribution in [2.45, 2.75) is 33.4 Å². The molecule has 9 heteroatoms. The van der Waals surface area contributed by atoms with E-state index in [0.29, 0.717) is 22.8 Å². The molecular weight excluding hydrogens is 387 g/mol. The second-order valence-electron chi connectivity index (χ2n) is 6.73. The molecule has 0 saturated carbocycles. The number of hydrogen-bond acceptors (Lipinski definition) is 5. The van der Waals surface area contributed by atoms with Crippen LogP contribution in [0.2, 0.25) is 5.02 Å². The summed E-state index contributed by atoms with van der Waals surface area (Å²) in [5, 5.41) is 7.00. The first kappa shape index (κ1) is 21.8. The lowest BCUT2D eigenvalue weighted by Gasteiger charge is -2.14. The second-order valence-corrected chi connectivity index (χ2v) is 7.13. The van der Waals surface area contributed by atoms with Gasteiger partial charge in [-0.25, -0.2) is 4.39 Å². The van der Waals surface area contributed by atoms with Gasteiger partial charge >= 0.3 is 5.97 Å². The molecule has 0 saturated heterocycles. The molecule has 0 radical (unpaired) electrons. The highest BCUT2D eigenvalue weighted by molar-refractivity contribution is 6.33. The molecule has 2 rings (SSSR count). The van der Waals surface area contributed by atoms with Crippen molar-refractivity contribution in [3.63, 3.8) is 0 Å². The maximum absolute atomic E-state index is 14.1. The van der Waals surface area contributed by atoms with Crippen molar-refractivity contribution in [3.8, 4) is 11.3 Å². The molecular formula is C19H24ClFN4O3. The Morgan fingerprint density at radius 3 is 2.71 bits per heavy atom. The third kappa shape index (κ3) is 5.53. The summed E-state index contributed by atoms with van der Waals surface area (Å²) in [7, 11) is 0. The number of carbonyl (C=O) groups excluding carboxylic acids is 2. The van der Waals surface area contributed by atoms with Gasteiger partial charge in [0.2, 0.25) is 0 Å². The van der Waals surface area contributed by atoms with Crippen molar-refractivity contribution in [2.75, 3.05) is 13.2 Å². The Morgan fingerprint density at radius 2 is 2.07 bits per heavy atom. The van der Waals surface area contributed by atoms with Gasteiger partial charge in [0.05, 0.1) is 23.5 Å². The van der Waals surface area contributed by atoms with Crippen molar-refractivity contribution in [2.24, 2.45) is 11.7 Å². The largest absolute Gasteiger partial charge is 0.464 e. The van der Waals surface area contributed by atoms with Gasteiger partial charge < -0.3 is 15.8 Å². The Labute approximate surface area is 168 Å². The molecule has 0 spiro atoms. The summed E-state index contributed by atoms with van der Waals surface area (Å²) in [6.07, 6.45) is 1.47. The first-order valence-electron chi connectivity index (χ1n) is 8.95. The Balaban J connectivity index is 2.11. The van der Waals surface area contributed by atoms with E-state index < -0.39 is 23.7 Å². The number of aromatic nitrogens is 2. The van der Waals surface area contributed by atoms with E-state index in [1.54, 1.807) is 4.68 Å². The van der Waals surface area contributed by atoms with E-state index >= 15 is 0 Å². The summed E-state index contributed by atoms with van der Waals surface area (Å²) in [6, 6.07) is 2.88. The number of hydrogen-bond donors (Lipinski definition) is 2. The molecule has 0 aliphatic rings. The quantitative estimate of drug-likeness (QED) is 0.652. The van der Waals surface area contributed by atoms with E-state index in [0.717, 1.165) is 6.07 Å². The summed E-state index contributed by atoms with van der Waals surface area (Å²) >= 11 is 6.16. The number of nitrogens with two attached hydrogens (primary N) is 1. The SMILES string of the molecule is CCn1ncc(Cl)c1-c1cc(F)cc(C(=O)NC[C@@H](N)C(=O)OCC(C)C)c1. The lowest BCUT2D eigenvalue weighted by Crippen LogP contribution is -2.43. The van der Waals surface area contributed by atoms with Crippen molar-refractivity contribution >= 4 is 23.5 Å². The predicted octanol–water partition coefficient (Wildman–Crippen LogP) is 2.62. The minimum Gasteiger partial charge on any atom is -0.464 e. The monoisotopic (exact) mass is 410 g/mol. The average Bonchev–Trinajstić information content (AvgIpc) is 3.03. The first-order chi connectivity index (χ1) is 13.2. The zero-order valence-corrected chi connectivity index (χ0v) is 16.8. The number of amides is 1. The molecule has 0 bridgehead atoms. The van der Waals surface area contributed by atoms with Gasteiger partial charge in [-0.15, -0.1) is 0 Å². The minimum absolute atomic E-state index is 0.0812. The van der Waals surface area contributed by atoms with Gasteiger partial charge in [0.1, 0.15) is 11.9 Å². The molecule has 1 atom stereocenters. The lowest BCUT2D eigenvalue weighted by molar-refractivity contribution is -0.146. The summed E-state index contributed by atoms with van der Waals surface area (Å²) in [4.78, 5) is 24.2. The van der Waals surface area contributed by atoms with Crippen molar-refractivity contribution in [3.05, 3.63) is 40.8 Å². The summed E-state index contributed by atoms with van der Waals surface area (Å²) < 4.78 is 20.7. The molecule has 28 heavy (non-hydrogen) atoms. The number of nitrogens with one attached hydrogen (secondary N) is 1. The Hall–Kier alpha value is -2.45. The second kappa shape index (κ2) is 9.66. The third-order valence-corrected chi connectivity index (χ3v) is 4.15. The molecule has 3 N–H and O–H groups in total. The number of benzene rings is 1. The minimum atomic E-state index is -1.01. The number of rotatable bonds is 8. The Kier molecular flexibility index (Phi) is 7.53.